The maximum atomic E-state index is 10.4. The van der Waals surface area contributed by atoms with Gasteiger partial charge in [-0.15, -0.1) is 0 Å². The van der Waals surface area contributed by atoms with Crippen molar-refractivity contribution in [3.8, 4) is 5.75 Å². The fraction of sp³-hybridized carbons (Fsp3) is 0.429. The van der Waals surface area contributed by atoms with Gasteiger partial charge in [0.15, 0.2) is 0 Å². The van der Waals surface area contributed by atoms with E-state index in [2.05, 4.69) is 10.1 Å². The zero-order valence-electron chi connectivity index (χ0n) is 11.7. The second-order valence-corrected chi connectivity index (χ2v) is 5.26. The van der Waals surface area contributed by atoms with Crippen LogP contribution >= 0.6 is 11.6 Å². The summed E-state index contributed by atoms with van der Waals surface area (Å²) in [5.74, 6) is 1.34. The number of aliphatic hydroxyl groups excluding tert-OH is 1. The van der Waals surface area contributed by atoms with Gasteiger partial charge in [-0.25, -0.2) is 9.67 Å². The van der Waals surface area contributed by atoms with Crippen LogP contribution in [0.5, 0.6) is 5.75 Å². The minimum absolute atomic E-state index is 0.195. The summed E-state index contributed by atoms with van der Waals surface area (Å²) in [5.41, 5.74) is 0.651. The lowest BCUT2D eigenvalue weighted by Crippen LogP contribution is -2.12. The molecule has 1 atom stereocenters. The zero-order valence-corrected chi connectivity index (χ0v) is 12.5. The van der Waals surface area contributed by atoms with E-state index < -0.39 is 6.10 Å². The Morgan fingerprint density at radius 1 is 1.40 bits per heavy atom. The van der Waals surface area contributed by atoms with Crippen LogP contribution in [0.25, 0.3) is 0 Å². The SMILES string of the molecule is COc1ccc(Cl)cc1C(O)Cc1ncnn1C(C)C. The number of nitrogens with zero attached hydrogens (tertiary/aromatic N) is 3. The summed E-state index contributed by atoms with van der Waals surface area (Å²) in [5, 5.41) is 15.1. The molecule has 0 saturated carbocycles. The Kier molecular flexibility index (Phi) is 4.62. The number of hydrogen-bond donors (Lipinski definition) is 1. The highest BCUT2D eigenvalue weighted by molar-refractivity contribution is 6.30. The Balaban J connectivity index is 2.26. The van der Waals surface area contributed by atoms with Crippen molar-refractivity contribution >= 4 is 11.6 Å². The highest BCUT2D eigenvalue weighted by Gasteiger charge is 2.18. The number of methoxy groups -OCH3 is 1. The fourth-order valence-corrected chi connectivity index (χ4v) is 2.28. The highest BCUT2D eigenvalue weighted by atomic mass is 35.5. The minimum atomic E-state index is -0.745. The fourth-order valence-electron chi connectivity index (χ4n) is 2.10. The Morgan fingerprint density at radius 3 is 2.80 bits per heavy atom. The lowest BCUT2D eigenvalue weighted by atomic mass is 10.0. The molecule has 5 nitrogen and oxygen atoms in total. The number of aromatic nitrogens is 3. The monoisotopic (exact) mass is 295 g/mol. The first-order valence-electron chi connectivity index (χ1n) is 6.42. The molecule has 0 bridgehead atoms. The number of rotatable bonds is 5. The van der Waals surface area contributed by atoms with E-state index in [1.165, 1.54) is 6.33 Å². The molecule has 1 unspecified atom stereocenters. The molecular formula is C14H18ClN3O2. The summed E-state index contributed by atoms with van der Waals surface area (Å²) in [4.78, 5) is 4.20. The van der Waals surface area contributed by atoms with Gasteiger partial charge in [-0.05, 0) is 32.0 Å². The van der Waals surface area contributed by atoms with Crippen molar-refractivity contribution in [2.24, 2.45) is 0 Å². The van der Waals surface area contributed by atoms with E-state index in [4.69, 9.17) is 16.3 Å². The third-order valence-electron chi connectivity index (χ3n) is 3.06. The van der Waals surface area contributed by atoms with Crippen molar-refractivity contribution in [1.82, 2.24) is 14.8 Å². The molecule has 0 fully saturated rings. The quantitative estimate of drug-likeness (QED) is 0.921. The molecule has 20 heavy (non-hydrogen) atoms. The number of aliphatic hydroxyl groups is 1. The molecule has 1 heterocycles. The molecule has 0 radical (unpaired) electrons. The Labute approximate surface area is 123 Å². The van der Waals surface area contributed by atoms with Crippen LogP contribution in [0.2, 0.25) is 5.02 Å². The van der Waals surface area contributed by atoms with Crippen LogP contribution in [0.1, 0.15) is 37.4 Å². The molecule has 0 spiro atoms. The Hall–Kier alpha value is -1.59. The van der Waals surface area contributed by atoms with Gasteiger partial charge in [0, 0.05) is 23.0 Å². The maximum Gasteiger partial charge on any atom is 0.138 e. The zero-order chi connectivity index (χ0) is 14.7. The molecule has 2 rings (SSSR count). The van der Waals surface area contributed by atoms with Crippen LogP contribution in [0, 0.1) is 0 Å². The van der Waals surface area contributed by atoms with Crippen molar-refractivity contribution < 1.29 is 9.84 Å². The number of ether oxygens (including phenoxy) is 1. The molecule has 6 heteroatoms. The predicted octanol–water partition coefficient (Wildman–Crippen LogP) is 2.80. The second kappa shape index (κ2) is 6.24. The third-order valence-corrected chi connectivity index (χ3v) is 3.30. The van der Waals surface area contributed by atoms with Crippen LogP contribution in [-0.4, -0.2) is 27.0 Å². The van der Waals surface area contributed by atoms with Crippen LogP contribution in [0.15, 0.2) is 24.5 Å². The van der Waals surface area contributed by atoms with Crippen molar-refractivity contribution in [3.05, 3.63) is 40.9 Å². The minimum Gasteiger partial charge on any atom is -0.496 e. The molecule has 1 aromatic carbocycles. The molecule has 108 valence electrons. The van der Waals surface area contributed by atoms with E-state index in [1.807, 2.05) is 13.8 Å². The Bertz CT molecular complexity index is 584. The lowest BCUT2D eigenvalue weighted by molar-refractivity contribution is 0.169. The summed E-state index contributed by atoms with van der Waals surface area (Å²) in [6.07, 6.45) is 1.11. The number of halogens is 1. The number of benzene rings is 1. The van der Waals surface area contributed by atoms with Crippen LogP contribution < -0.4 is 4.74 Å². The smallest absolute Gasteiger partial charge is 0.138 e. The molecule has 1 N–H and O–H groups in total. The molecule has 2 aromatic rings. The lowest BCUT2D eigenvalue weighted by Gasteiger charge is -2.16. The van der Waals surface area contributed by atoms with Gasteiger partial charge in [0.05, 0.1) is 13.2 Å². The second-order valence-electron chi connectivity index (χ2n) is 4.82. The van der Waals surface area contributed by atoms with Gasteiger partial charge < -0.3 is 9.84 Å². The summed E-state index contributed by atoms with van der Waals surface area (Å²) in [6.45, 7) is 4.04. The average Bonchev–Trinajstić information content (AvgIpc) is 2.87. The van der Waals surface area contributed by atoms with Gasteiger partial charge in [0.25, 0.3) is 0 Å². The maximum absolute atomic E-state index is 10.4. The molecule has 0 aliphatic carbocycles. The van der Waals surface area contributed by atoms with Gasteiger partial charge in [-0.2, -0.15) is 5.10 Å². The first-order chi connectivity index (χ1) is 9.52. The average molecular weight is 296 g/mol. The van der Waals surface area contributed by atoms with E-state index in [0.717, 1.165) is 5.82 Å². The summed E-state index contributed by atoms with van der Waals surface area (Å²) in [7, 11) is 1.57. The highest BCUT2D eigenvalue weighted by Crippen LogP contribution is 2.30. The summed E-state index contributed by atoms with van der Waals surface area (Å²) < 4.78 is 7.05. The standard InChI is InChI=1S/C14H18ClN3O2/c1-9(2)18-14(16-8-17-18)7-12(19)11-6-10(15)4-5-13(11)20-3/h4-6,8-9,12,19H,7H2,1-3H3. The van der Waals surface area contributed by atoms with Gasteiger partial charge in [0.2, 0.25) is 0 Å². The van der Waals surface area contributed by atoms with Crippen molar-refractivity contribution in [2.45, 2.75) is 32.4 Å². The first-order valence-corrected chi connectivity index (χ1v) is 6.80. The first kappa shape index (κ1) is 14.8. The molecular weight excluding hydrogens is 278 g/mol. The van der Waals surface area contributed by atoms with Crippen molar-refractivity contribution in [1.29, 1.82) is 0 Å². The molecule has 0 aliphatic heterocycles. The van der Waals surface area contributed by atoms with E-state index in [0.29, 0.717) is 22.8 Å². The third kappa shape index (κ3) is 3.11. The topological polar surface area (TPSA) is 60.2 Å². The van der Waals surface area contributed by atoms with E-state index >= 15 is 0 Å². The molecule has 0 saturated heterocycles. The van der Waals surface area contributed by atoms with Gasteiger partial charge in [-0.3, -0.25) is 0 Å². The van der Waals surface area contributed by atoms with E-state index in [-0.39, 0.29) is 6.04 Å². The van der Waals surface area contributed by atoms with E-state index in [1.54, 1.807) is 30.0 Å². The van der Waals surface area contributed by atoms with E-state index in [9.17, 15) is 5.11 Å². The summed E-state index contributed by atoms with van der Waals surface area (Å²) in [6, 6.07) is 5.38. The summed E-state index contributed by atoms with van der Waals surface area (Å²) >= 11 is 5.98. The predicted molar refractivity (Wildman–Crippen MR) is 77.1 cm³/mol. The van der Waals surface area contributed by atoms with Gasteiger partial charge in [0.1, 0.15) is 17.9 Å². The van der Waals surface area contributed by atoms with Crippen LogP contribution in [0.4, 0.5) is 0 Å². The molecule has 0 amide bonds. The number of hydrogen-bond acceptors (Lipinski definition) is 4. The van der Waals surface area contributed by atoms with Crippen LogP contribution in [-0.2, 0) is 6.42 Å². The molecule has 1 aromatic heterocycles. The normalized spacial score (nSPS) is 12.7. The van der Waals surface area contributed by atoms with Gasteiger partial charge in [-0.1, -0.05) is 11.6 Å². The Morgan fingerprint density at radius 2 is 2.15 bits per heavy atom. The van der Waals surface area contributed by atoms with Gasteiger partial charge >= 0.3 is 0 Å². The molecule has 0 aliphatic rings. The van der Waals surface area contributed by atoms with Crippen molar-refractivity contribution in [2.75, 3.05) is 7.11 Å². The van der Waals surface area contributed by atoms with Crippen molar-refractivity contribution in [3.63, 3.8) is 0 Å². The largest absolute Gasteiger partial charge is 0.496 e. The van der Waals surface area contributed by atoms with Crippen LogP contribution in [0.3, 0.4) is 0 Å².